The molecule has 0 atom stereocenters. The lowest BCUT2D eigenvalue weighted by Gasteiger charge is -2.24. The van der Waals surface area contributed by atoms with E-state index in [1.807, 2.05) is 12.1 Å². The first kappa shape index (κ1) is 15.6. The minimum Gasteiger partial charge on any atom is -0.427 e. The Labute approximate surface area is 143 Å². The molecule has 25 heavy (non-hydrogen) atoms. The largest absolute Gasteiger partial charge is 0.427 e. The third-order valence-electron chi connectivity index (χ3n) is 4.77. The first-order chi connectivity index (χ1) is 12.0. The van der Waals surface area contributed by atoms with Gasteiger partial charge in [-0.25, -0.2) is 9.48 Å². The summed E-state index contributed by atoms with van der Waals surface area (Å²) in [4.78, 5) is 24.8. The summed E-state index contributed by atoms with van der Waals surface area (Å²) in [6.45, 7) is 1.76. The van der Waals surface area contributed by atoms with E-state index >= 15 is 0 Å². The summed E-state index contributed by atoms with van der Waals surface area (Å²) in [6.07, 6.45) is 3.22. The zero-order valence-electron chi connectivity index (χ0n) is 14.1. The van der Waals surface area contributed by atoms with Crippen molar-refractivity contribution in [1.82, 2.24) is 15.0 Å². The van der Waals surface area contributed by atoms with Crippen LogP contribution in [0.2, 0.25) is 0 Å². The molecule has 0 spiro atoms. The van der Waals surface area contributed by atoms with Crippen molar-refractivity contribution >= 4 is 22.6 Å². The maximum Gasteiger partial charge on any atom is 0.349 e. The lowest BCUT2D eigenvalue weighted by atomic mass is 9.83. The highest BCUT2D eigenvalue weighted by Gasteiger charge is 2.25. The average Bonchev–Trinajstić information content (AvgIpc) is 2.85. The van der Waals surface area contributed by atoms with Crippen LogP contribution in [-0.4, -0.2) is 20.9 Å². The van der Waals surface area contributed by atoms with Crippen molar-refractivity contribution in [2.75, 3.05) is 5.32 Å². The van der Waals surface area contributed by atoms with Crippen LogP contribution in [0.3, 0.4) is 0 Å². The van der Waals surface area contributed by atoms with Crippen molar-refractivity contribution in [3.8, 4) is 0 Å². The summed E-state index contributed by atoms with van der Waals surface area (Å²) >= 11 is 0. The minimum atomic E-state index is -0.583. The van der Waals surface area contributed by atoms with Crippen molar-refractivity contribution in [2.24, 2.45) is 7.05 Å². The molecule has 1 aromatic carbocycles. The van der Waals surface area contributed by atoms with Crippen LogP contribution in [-0.2, 0) is 7.05 Å². The third-order valence-corrected chi connectivity index (χ3v) is 4.77. The smallest absolute Gasteiger partial charge is 0.349 e. The number of nitrogens with zero attached hydrogens (tertiary/aromatic N) is 3. The molecule has 4 rings (SSSR count). The van der Waals surface area contributed by atoms with Crippen molar-refractivity contribution in [3.05, 3.63) is 51.6 Å². The Morgan fingerprint density at radius 3 is 2.80 bits per heavy atom. The molecule has 0 unspecified atom stereocenters. The highest BCUT2D eigenvalue weighted by Crippen LogP contribution is 2.36. The van der Waals surface area contributed by atoms with E-state index in [-0.39, 0.29) is 5.56 Å². The summed E-state index contributed by atoms with van der Waals surface area (Å²) in [5.74, 6) is 0.517. The van der Waals surface area contributed by atoms with Crippen LogP contribution in [0.1, 0.15) is 46.9 Å². The quantitative estimate of drug-likeness (QED) is 0.793. The van der Waals surface area contributed by atoms with Crippen LogP contribution >= 0.6 is 0 Å². The molecule has 128 valence electrons. The standard InChI is InChI=1S/C18H18N4O3/c1-10-8-15(11-4-3-5-11)25-18(24)16(10)17(23)19-12-6-7-14-13(9-12)20-21-22(14)2/h6-9,11H,3-5H2,1-2H3,(H,19,23). The van der Waals surface area contributed by atoms with Gasteiger partial charge in [-0.05, 0) is 49.6 Å². The van der Waals surface area contributed by atoms with Gasteiger partial charge in [0.2, 0.25) is 0 Å². The van der Waals surface area contributed by atoms with E-state index in [0.717, 1.165) is 24.8 Å². The summed E-state index contributed by atoms with van der Waals surface area (Å²) in [6, 6.07) is 7.11. The van der Waals surface area contributed by atoms with Gasteiger partial charge < -0.3 is 9.73 Å². The van der Waals surface area contributed by atoms with Crippen molar-refractivity contribution in [2.45, 2.75) is 32.1 Å². The predicted molar refractivity (Wildman–Crippen MR) is 92.8 cm³/mol. The van der Waals surface area contributed by atoms with Crippen molar-refractivity contribution in [3.63, 3.8) is 0 Å². The second-order valence-electron chi connectivity index (χ2n) is 6.49. The van der Waals surface area contributed by atoms with Crippen LogP contribution in [0.4, 0.5) is 5.69 Å². The monoisotopic (exact) mass is 338 g/mol. The molecule has 2 aromatic heterocycles. The lowest BCUT2D eigenvalue weighted by Crippen LogP contribution is -2.24. The van der Waals surface area contributed by atoms with E-state index in [1.165, 1.54) is 0 Å². The molecule has 7 nitrogen and oxygen atoms in total. The average molecular weight is 338 g/mol. The summed E-state index contributed by atoms with van der Waals surface area (Å²) in [7, 11) is 1.80. The highest BCUT2D eigenvalue weighted by atomic mass is 16.4. The Bertz CT molecular complexity index is 1030. The molecule has 7 heteroatoms. The number of benzene rings is 1. The number of nitrogens with one attached hydrogen (secondary N) is 1. The number of hydrogen-bond acceptors (Lipinski definition) is 5. The molecule has 0 saturated heterocycles. The van der Waals surface area contributed by atoms with E-state index in [0.29, 0.717) is 28.4 Å². The number of fused-ring (bicyclic) bond motifs is 1. The molecule has 1 amide bonds. The molecular weight excluding hydrogens is 320 g/mol. The Balaban J connectivity index is 1.62. The molecule has 0 radical (unpaired) electrons. The van der Waals surface area contributed by atoms with E-state index in [2.05, 4.69) is 15.6 Å². The predicted octanol–water partition coefficient (Wildman–Crippen LogP) is 2.75. The van der Waals surface area contributed by atoms with E-state index < -0.39 is 11.5 Å². The van der Waals surface area contributed by atoms with Gasteiger partial charge in [0.1, 0.15) is 16.8 Å². The zero-order valence-corrected chi connectivity index (χ0v) is 14.1. The molecule has 0 bridgehead atoms. The normalized spacial score (nSPS) is 14.5. The Hall–Kier alpha value is -2.96. The number of carbonyl (C=O) groups is 1. The number of anilines is 1. The van der Waals surface area contributed by atoms with E-state index in [4.69, 9.17) is 4.42 Å². The summed E-state index contributed by atoms with van der Waals surface area (Å²) in [5.41, 5.74) is 2.18. The molecule has 0 aliphatic heterocycles. The van der Waals surface area contributed by atoms with Crippen LogP contribution in [0, 0.1) is 6.92 Å². The fraction of sp³-hybridized carbons (Fsp3) is 0.333. The number of aryl methyl sites for hydroxylation is 2. The second kappa shape index (κ2) is 5.84. The molecule has 1 saturated carbocycles. The van der Waals surface area contributed by atoms with Gasteiger partial charge in [0.05, 0.1) is 5.52 Å². The summed E-state index contributed by atoms with van der Waals surface area (Å²) < 4.78 is 7.04. The van der Waals surface area contributed by atoms with Gasteiger partial charge in [-0.3, -0.25) is 4.79 Å². The first-order valence-corrected chi connectivity index (χ1v) is 8.28. The van der Waals surface area contributed by atoms with Gasteiger partial charge in [-0.1, -0.05) is 11.6 Å². The summed E-state index contributed by atoms with van der Waals surface area (Å²) in [5, 5.41) is 10.7. The number of carbonyl (C=O) groups excluding carboxylic acids is 1. The van der Waals surface area contributed by atoms with Gasteiger partial charge >= 0.3 is 5.63 Å². The third kappa shape index (κ3) is 2.71. The molecule has 1 aliphatic carbocycles. The Morgan fingerprint density at radius 1 is 1.32 bits per heavy atom. The lowest BCUT2D eigenvalue weighted by molar-refractivity contribution is 0.102. The fourth-order valence-corrected chi connectivity index (χ4v) is 3.11. The van der Waals surface area contributed by atoms with E-state index in [1.54, 1.807) is 30.8 Å². The number of aromatic nitrogens is 3. The van der Waals surface area contributed by atoms with Gasteiger partial charge in [0.15, 0.2) is 0 Å². The number of amides is 1. The maximum absolute atomic E-state index is 12.5. The van der Waals surface area contributed by atoms with Gasteiger partial charge in [0.25, 0.3) is 5.91 Å². The zero-order chi connectivity index (χ0) is 17.6. The SMILES string of the molecule is Cc1cc(C2CCC2)oc(=O)c1C(=O)Nc1ccc2c(c1)nnn2C. The van der Waals surface area contributed by atoms with Gasteiger partial charge in [0, 0.05) is 18.7 Å². The molecule has 1 N–H and O–H groups in total. The van der Waals surface area contributed by atoms with E-state index in [9.17, 15) is 9.59 Å². The van der Waals surface area contributed by atoms with Crippen LogP contribution in [0.5, 0.6) is 0 Å². The molecule has 2 heterocycles. The first-order valence-electron chi connectivity index (χ1n) is 8.28. The van der Waals surface area contributed by atoms with Crippen LogP contribution in [0.15, 0.2) is 33.5 Å². The van der Waals surface area contributed by atoms with Gasteiger partial charge in [-0.15, -0.1) is 5.10 Å². The fourth-order valence-electron chi connectivity index (χ4n) is 3.11. The topological polar surface area (TPSA) is 90.0 Å². The van der Waals surface area contributed by atoms with Crippen molar-refractivity contribution in [1.29, 1.82) is 0 Å². The minimum absolute atomic E-state index is 0.0438. The highest BCUT2D eigenvalue weighted by molar-refractivity contribution is 6.05. The van der Waals surface area contributed by atoms with Crippen LogP contribution in [0.25, 0.3) is 11.0 Å². The van der Waals surface area contributed by atoms with Crippen molar-refractivity contribution < 1.29 is 9.21 Å². The molecule has 3 aromatic rings. The second-order valence-corrected chi connectivity index (χ2v) is 6.49. The Kier molecular flexibility index (Phi) is 3.63. The molecular formula is C18H18N4O3. The van der Waals surface area contributed by atoms with Gasteiger partial charge in [-0.2, -0.15) is 0 Å². The number of rotatable bonds is 3. The maximum atomic E-state index is 12.5. The number of hydrogen-bond donors (Lipinski definition) is 1. The molecule has 1 fully saturated rings. The van der Waals surface area contributed by atoms with Crippen LogP contribution < -0.4 is 10.9 Å². The Morgan fingerprint density at radius 2 is 2.12 bits per heavy atom. The molecule has 1 aliphatic rings.